The summed E-state index contributed by atoms with van der Waals surface area (Å²) in [4.78, 5) is 28.7. The number of carbonyl (C=O) groups excluding carboxylic acids is 1. The van der Waals surface area contributed by atoms with E-state index in [9.17, 15) is 15.0 Å². The zero-order valence-electron chi connectivity index (χ0n) is 24.4. The number of hydrogen-bond acceptors (Lipinski definition) is 11. The van der Waals surface area contributed by atoms with E-state index in [1.807, 2.05) is 73.1 Å². The van der Waals surface area contributed by atoms with Gasteiger partial charge in [-0.3, -0.25) is 14.9 Å². The summed E-state index contributed by atoms with van der Waals surface area (Å²) >= 11 is 21.7. The van der Waals surface area contributed by atoms with Gasteiger partial charge in [0.1, 0.15) is 11.6 Å². The van der Waals surface area contributed by atoms with Crippen molar-refractivity contribution < 1.29 is 61.0 Å². The van der Waals surface area contributed by atoms with Crippen LogP contribution in [0.5, 0.6) is 11.5 Å². The molecule has 2 aromatic carbocycles. The fourth-order valence-corrected chi connectivity index (χ4v) is 4.31. The number of pyridine rings is 2. The second-order valence-corrected chi connectivity index (χ2v) is 11.5. The number of para-hydroxylation sites is 2. The number of nitrogens with one attached hydrogen (secondary N) is 1. The smallest absolute Gasteiger partial charge is 0.872 e. The van der Waals surface area contributed by atoms with E-state index < -0.39 is 31.8 Å². The minimum Gasteiger partial charge on any atom is -0.872 e. The maximum absolute atomic E-state index is 10.9. The molecule has 0 unspecified atom stereocenters. The first-order valence-corrected chi connectivity index (χ1v) is 15.6. The summed E-state index contributed by atoms with van der Waals surface area (Å²) < 4.78 is 34.0. The Morgan fingerprint density at radius 1 is 0.723 bits per heavy atom. The minimum atomic E-state index is -4.94. The fraction of sp³-hybridized carbons (Fsp3) is 0.172. The molecule has 5 rings (SSSR count). The van der Waals surface area contributed by atoms with Crippen LogP contribution in [0.2, 0.25) is 20.1 Å². The number of halogens is 5. The number of hydrogen-bond donors (Lipinski definition) is 1. The van der Waals surface area contributed by atoms with Crippen LogP contribution < -0.4 is 28.8 Å². The van der Waals surface area contributed by atoms with Crippen molar-refractivity contribution in [2.45, 2.75) is 33.5 Å². The first-order chi connectivity index (χ1) is 21.6. The molecule has 250 valence electrons. The number of fused-ring (bicyclic) bond motifs is 1. The maximum Gasteiger partial charge on any atom is 4.00 e. The molecule has 0 atom stereocenters. The molecule has 0 aliphatic rings. The van der Waals surface area contributed by atoms with Gasteiger partial charge in [0.2, 0.25) is 0 Å². The Hall–Kier alpha value is -2.75. The third-order valence-corrected chi connectivity index (χ3v) is 6.99. The molecule has 47 heavy (non-hydrogen) atoms. The van der Waals surface area contributed by atoms with Gasteiger partial charge < -0.3 is 20.0 Å². The molecule has 0 fully saturated rings. The van der Waals surface area contributed by atoms with Crippen LogP contribution in [0.4, 0.5) is 0 Å². The quantitative estimate of drug-likeness (QED) is 0.149. The van der Waals surface area contributed by atoms with Gasteiger partial charge in [-0.05, 0) is 50.2 Å². The van der Waals surface area contributed by atoms with E-state index in [1.54, 1.807) is 0 Å². The van der Waals surface area contributed by atoms with Gasteiger partial charge in [0.05, 0.1) is 49.1 Å². The molecule has 0 aliphatic heterocycles. The van der Waals surface area contributed by atoms with Crippen molar-refractivity contribution in [2.24, 2.45) is 0 Å². The second-order valence-electron chi connectivity index (χ2n) is 9.19. The molecule has 1 N–H and O–H groups in total. The Labute approximate surface area is 302 Å². The SMILES string of the molecule is CC(C)=O.[Fe+4].[O-][Cl+3]([O-])([O-])[O-].[O-]c1c([O-])c(Cl)c(Cl)c(Cl)c1Cl.c1ccc(CN(Cc2ccccn2)Cc2nc3ccccc3[nH]2)nc1. The molecular formula is C29H25Cl5FeN5O7+. The average Bonchev–Trinajstić information content (AvgIpc) is 3.41. The predicted molar refractivity (Wildman–Crippen MR) is 159 cm³/mol. The van der Waals surface area contributed by atoms with E-state index in [1.165, 1.54) is 13.8 Å². The zero-order valence-corrected chi connectivity index (χ0v) is 29.3. The standard InChI is InChI=1S/C20H19N5.C6H2Cl4O2.C3H6O.ClHO4.Fe/c1-2-10-19-18(9-1)23-20(24-19)15-25(13-16-7-3-5-11-21-16)14-17-8-4-6-12-22-17;7-1-2(8)4(10)6(12)5(11)3(1)9;1-3(2)4;2-1(3,4)5;/h1-12H,13-15H2,(H,23,24);11-12H;1-2H3;(H,2,3,4,5);/q;;;;+4/p-3. The molecule has 0 bridgehead atoms. The molecule has 3 heterocycles. The molecule has 0 spiro atoms. The van der Waals surface area contributed by atoms with Crippen molar-refractivity contribution in [1.29, 1.82) is 0 Å². The van der Waals surface area contributed by atoms with Gasteiger partial charge >= 0.3 is 17.1 Å². The van der Waals surface area contributed by atoms with Crippen LogP contribution in [-0.2, 0) is 41.5 Å². The Morgan fingerprint density at radius 3 is 1.51 bits per heavy atom. The van der Waals surface area contributed by atoms with Crippen LogP contribution in [0.15, 0.2) is 73.1 Å². The molecule has 0 aliphatic carbocycles. The monoisotopic (exact) mass is 786 g/mol. The summed E-state index contributed by atoms with van der Waals surface area (Å²) in [5.74, 6) is -0.750. The Bertz CT molecular complexity index is 1510. The van der Waals surface area contributed by atoms with Gasteiger partial charge in [-0.2, -0.15) is 0 Å². The number of H-pyrrole nitrogens is 1. The molecule has 0 amide bonds. The summed E-state index contributed by atoms with van der Waals surface area (Å²) in [6, 6.07) is 20.1. The van der Waals surface area contributed by atoms with E-state index in [0.29, 0.717) is 6.54 Å². The normalized spacial score (nSPS) is 10.4. The molecule has 18 heteroatoms. The number of imidazole rings is 1. The van der Waals surface area contributed by atoms with Gasteiger partial charge in [-0.15, -0.1) is 10.2 Å². The fourth-order valence-electron chi connectivity index (χ4n) is 3.49. The Kier molecular flexibility index (Phi) is 18.5. The van der Waals surface area contributed by atoms with Gasteiger partial charge in [0, 0.05) is 25.5 Å². The number of nitrogens with zero attached hydrogens (tertiary/aromatic N) is 4. The van der Waals surface area contributed by atoms with Crippen molar-refractivity contribution >= 4 is 63.2 Å². The number of aromatic nitrogens is 4. The number of benzene rings is 2. The summed E-state index contributed by atoms with van der Waals surface area (Å²) in [6.07, 6.45) is 3.66. The molecule has 5 aromatic rings. The zero-order chi connectivity index (χ0) is 34.4. The number of ketones is 1. The molecular weight excluding hydrogens is 763 g/mol. The summed E-state index contributed by atoms with van der Waals surface area (Å²) in [7, 11) is -4.94. The Balaban J connectivity index is 0.000000418. The van der Waals surface area contributed by atoms with Crippen LogP contribution in [0.1, 0.15) is 31.1 Å². The molecule has 3 aromatic heterocycles. The first kappa shape index (κ1) is 42.3. The molecule has 0 saturated heterocycles. The number of Topliss-reactive ketones (excluding diaryl/α,β-unsaturated/α-hetero) is 1. The summed E-state index contributed by atoms with van der Waals surface area (Å²) in [5.41, 5.74) is 4.13. The third-order valence-electron chi connectivity index (χ3n) is 5.22. The third kappa shape index (κ3) is 15.8. The average molecular weight is 789 g/mol. The topological polar surface area (TPSA) is 213 Å². The van der Waals surface area contributed by atoms with Gasteiger partial charge in [-0.25, -0.2) is 23.6 Å². The van der Waals surface area contributed by atoms with Crippen molar-refractivity contribution in [3.8, 4) is 11.5 Å². The summed E-state index contributed by atoms with van der Waals surface area (Å²) in [6.45, 7) is 5.25. The van der Waals surface area contributed by atoms with Crippen LogP contribution >= 0.6 is 46.4 Å². The van der Waals surface area contributed by atoms with Crippen LogP contribution in [0, 0.1) is 10.2 Å². The van der Waals surface area contributed by atoms with Crippen LogP contribution in [-0.4, -0.2) is 30.6 Å². The van der Waals surface area contributed by atoms with Gasteiger partial charge in [-0.1, -0.05) is 82.2 Å². The van der Waals surface area contributed by atoms with Crippen molar-refractivity contribution in [1.82, 2.24) is 24.8 Å². The van der Waals surface area contributed by atoms with Gasteiger partial charge in [0.15, 0.2) is 0 Å². The van der Waals surface area contributed by atoms with Gasteiger partial charge in [0.25, 0.3) is 0 Å². The Morgan fingerprint density at radius 2 is 1.13 bits per heavy atom. The van der Waals surface area contributed by atoms with E-state index in [2.05, 4.69) is 19.9 Å². The molecule has 0 radical (unpaired) electrons. The second kappa shape index (κ2) is 20.6. The maximum atomic E-state index is 10.9. The first-order valence-electron chi connectivity index (χ1n) is 12.8. The van der Waals surface area contributed by atoms with E-state index >= 15 is 0 Å². The van der Waals surface area contributed by atoms with E-state index in [-0.39, 0.29) is 32.9 Å². The van der Waals surface area contributed by atoms with E-state index in [4.69, 9.17) is 70.0 Å². The minimum absolute atomic E-state index is 0. The van der Waals surface area contributed by atoms with Crippen molar-refractivity contribution in [2.75, 3.05) is 0 Å². The largest absolute Gasteiger partial charge is 4.00 e. The predicted octanol–water partition coefficient (Wildman–Crippen LogP) is 1.84. The van der Waals surface area contributed by atoms with Crippen LogP contribution in [0.25, 0.3) is 11.0 Å². The van der Waals surface area contributed by atoms with Crippen molar-refractivity contribution in [3.05, 3.63) is 110 Å². The van der Waals surface area contributed by atoms with Crippen molar-refractivity contribution in [3.63, 3.8) is 0 Å². The summed E-state index contributed by atoms with van der Waals surface area (Å²) in [5, 5.41) is 20.6. The number of aromatic amines is 1. The number of carbonyl (C=O) groups is 1. The molecule has 0 saturated carbocycles. The number of rotatable bonds is 6. The molecule has 12 nitrogen and oxygen atoms in total. The van der Waals surface area contributed by atoms with E-state index in [0.717, 1.165) is 41.3 Å². The van der Waals surface area contributed by atoms with Crippen LogP contribution in [0.3, 0.4) is 0 Å².